The third-order valence-electron chi connectivity index (χ3n) is 8.80. The minimum Gasteiger partial charge on any atom is -0.544 e. The maximum Gasteiger partial charge on any atom is 0.362 e. The average molecular weight is 582 g/mol. The number of carbonyl (C=O) groups is 3. The first kappa shape index (κ1) is 39.1. The molecule has 0 fully saturated rings. The summed E-state index contributed by atoms with van der Waals surface area (Å²) in [6.45, 7) is 7.53. The number of carboxylic acid groups (broad SMARTS) is 3. The van der Waals surface area contributed by atoms with Crippen molar-refractivity contribution < 1.29 is 34.2 Å². The molecule has 240 valence electrons. The highest BCUT2D eigenvalue weighted by Gasteiger charge is 2.53. The van der Waals surface area contributed by atoms with E-state index in [-0.39, 0.29) is 25.8 Å². The molecule has 0 aromatic carbocycles. The van der Waals surface area contributed by atoms with Crippen molar-refractivity contribution in [1.82, 2.24) is 0 Å². The second-order valence-electron chi connectivity index (χ2n) is 11.8. The van der Waals surface area contributed by atoms with Gasteiger partial charge in [0, 0.05) is 19.3 Å². The van der Waals surface area contributed by atoms with Crippen LogP contribution in [0.3, 0.4) is 0 Å². The van der Waals surface area contributed by atoms with Gasteiger partial charge in [0.05, 0.1) is 12.5 Å². The van der Waals surface area contributed by atoms with Crippen LogP contribution in [0.1, 0.15) is 163 Å². The largest absolute Gasteiger partial charge is 0.544 e. The number of hydrogen-bond donors (Lipinski definition) is 2. The first-order valence-corrected chi connectivity index (χ1v) is 16.9. The van der Waals surface area contributed by atoms with Gasteiger partial charge < -0.3 is 20.1 Å². The summed E-state index contributed by atoms with van der Waals surface area (Å²) in [7, 11) is 0. The van der Waals surface area contributed by atoms with Crippen molar-refractivity contribution in [2.45, 2.75) is 181 Å². The van der Waals surface area contributed by atoms with Crippen LogP contribution in [0.2, 0.25) is 0 Å². The lowest BCUT2D eigenvalue weighted by atomic mass is 9.93. The van der Waals surface area contributed by atoms with E-state index in [2.05, 4.69) is 19.1 Å². The van der Waals surface area contributed by atoms with Gasteiger partial charge in [-0.2, -0.15) is 0 Å². The minimum absolute atomic E-state index is 0.131. The van der Waals surface area contributed by atoms with Gasteiger partial charge in [-0.15, -0.1) is 0 Å². The van der Waals surface area contributed by atoms with Gasteiger partial charge in [-0.3, -0.25) is 4.48 Å². The van der Waals surface area contributed by atoms with Crippen molar-refractivity contribution in [2.75, 3.05) is 6.54 Å². The lowest BCUT2D eigenvalue weighted by molar-refractivity contribution is -0.974. The van der Waals surface area contributed by atoms with Crippen LogP contribution in [0, 0.1) is 0 Å². The number of aliphatic carboxylic acids is 3. The van der Waals surface area contributed by atoms with Crippen LogP contribution in [0.5, 0.6) is 0 Å². The van der Waals surface area contributed by atoms with Crippen molar-refractivity contribution >= 4 is 17.9 Å². The lowest BCUT2D eigenvalue weighted by Crippen LogP contribution is -2.73. The molecule has 0 aliphatic heterocycles. The summed E-state index contributed by atoms with van der Waals surface area (Å²) in [5.41, 5.74) is 0. The van der Waals surface area contributed by atoms with Crippen LogP contribution in [-0.2, 0) is 14.4 Å². The van der Waals surface area contributed by atoms with Gasteiger partial charge in [0.15, 0.2) is 12.1 Å². The van der Waals surface area contributed by atoms with Crippen molar-refractivity contribution in [1.29, 1.82) is 0 Å². The molecule has 0 spiro atoms. The summed E-state index contributed by atoms with van der Waals surface area (Å²) in [5.74, 6) is -3.65. The second-order valence-corrected chi connectivity index (χ2v) is 11.8. The van der Waals surface area contributed by atoms with Crippen LogP contribution in [0.25, 0.3) is 0 Å². The predicted molar refractivity (Wildman–Crippen MR) is 166 cm³/mol. The molecule has 3 unspecified atom stereocenters. The number of quaternary nitrogens is 1. The van der Waals surface area contributed by atoms with Crippen LogP contribution < -0.4 is 5.11 Å². The Hall–Kier alpha value is -1.89. The molecule has 0 saturated heterocycles. The van der Waals surface area contributed by atoms with Crippen molar-refractivity contribution in [2.24, 2.45) is 0 Å². The number of carbonyl (C=O) groups excluding carboxylic acids is 1. The van der Waals surface area contributed by atoms with Gasteiger partial charge in [0.2, 0.25) is 0 Å². The lowest BCUT2D eigenvalue weighted by Gasteiger charge is -2.51. The molecule has 3 atom stereocenters. The van der Waals surface area contributed by atoms with E-state index in [9.17, 15) is 29.7 Å². The van der Waals surface area contributed by atoms with Crippen LogP contribution >= 0.6 is 0 Å². The highest BCUT2D eigenvalue weighted by Crippen LogP contribution is 2.32. The van der Waals surface area contributed by atoms with Crippen LogP contribution in [0.15, 0.2) is 12.2 Å². The Morgan fingerprint density at radius 2 is 0.902 bits per heavy atom. The summed E-state index contributed by atoms with van der Waals surface area (Å²) in [6.07, 6.45) is 26.7. The molecule has 0 aliphatic rings. The fourth-order valence-corrected chi connectivity index (χ4v) is 6.60. The van der Waals surface area contributed by atoms with Crippen LogP contribution in [-0.4, -0.2) is 57.3 Å². The Balaban J connectivity index is 4.43. The number of carboxylic acids is 3. The van der Waals surface area contributed by atoms with Crippen molar-refractivity contribution in [3.63, 3.8) is 0 Å². The topological polar surface area (TPSA) is 115 Å². The van der Waals surface area contributed by atoms with Gasteiger partial charge in [-0.1, -0.05) is 117 Å². The molecule has 0 aromatic heterocycles. The maximum atomic E-state index is 12.2. The molecule has 0 heterocycles. The number of unbranched alkanes of at least 4 members (excludes halogenated alkanes) is 16. The van der Waals surface area contributed by atoms with Gasteiger partial charge >= 0.3 is 11.9 Å². The van der Waals surface area contributed by atoms with E-state index in [4.69, 9.17) is 0 Å². The van der Waals surface area contributed by atoms with Gasteiger partial charge in [0.1, 0.15) is 6.04 Å². The Morgan fingerprint density at radius 3 is 1.22 bits per heavy atom. The molecular weight excluding hydrogens is 518 g/mol. The predicted octanol–water partition coefficient (Wildman–Crippen LogP) is 7.66. The van der Waals surface area contributed by atoms with Crippen molar-refractivity contribution in [3.8, 4) is 0 Å². The molecule has 0 bridgehead atoms. The zero-order valence-corrected chi connectivity index (χ0v) is 26.9. The maximum absolute atomic E-state index is 12.2. The molecular formula is C34H63NO6. The molecule has 0 radical (unpaired) electrons. The molecule has 7 heteroatoms. The fourth-order valence-electron chi connectivity index (χ4n) is 6.60. The first-order chi connectivity index (χ1) is 19.7. The number of allylic oxidation sites excluding steroid dienone is 2. The standard InChI is InChI=1S/C34H63NO6/c1-5-9-10-11-12-13-14-15-16-17-18-19-20-21-22-23-24-25-26-27-28-35(29(6-2)32(36)37,30(7-3)33(38)39)31(8-4)34(40)41/h14-15,29-31H,5-13,16-28H2,1-4H3,(H2-,36,37,38,39,40,41)/b15-14+. The molecule has 0 amide bonds. The second kappa shape index (κ2) is 24.7. The van der Waals surface area contributed by atoms with E-state index in [0.29, 0.717) is 6.42 Å². The van der Waals surface area contributed by atoms with E-state index < -0.39 is 40.5 Å². The molecule has 2 N–H and O–H groups in total. The number of nitrogens with zero attached hydrogens (tertiary/aromatic N) is 1. The Morgan fingerprint density at radius 1 is 0.561 bits per heavy atom. The third kappa shape index (κ3) is 15.2. The van der Waals surface area contributed by atoms with E-state index in [1.807, 2.05) is 0 Å². The Kier molecular flexibility index (Phi) is 23.5. The molecule has 0 rings (SSSR count). The monoisotopic (exact) mass is 581 g/mol. The zero-order valence-electron chi connectivity index (χ0n) is 26.9. The summed E-state index contributed by atoms with van der Waals surface area (Å²) in [5, 5.41) is 32.2. The highest BCUT2D eigenvalue weighted by atomic mass is 16.4. The molecule has 0 saturated carbocycles. The van der Waals surface area contributed by atoms with Crippen LogP contribution in [0.4, 0.5) is 0 Å². The molecule has 41 heavy (non-hydrogen) atoms. The summed E-state index contributed by atoms with van der Waals surface area (Å²) >= 11 is 0. The normalized spacial score (nSPS) is 15.4. The molecule has 0 aromatic rings. The SMILES string of the molecule is CCCCCCC/C=C/CCCCCCCCCCCCC[N+](C(CC)C(=O)[O-])(C(CC)C(=O)O)C(CC)C(=O)O. The van der Waals surface area contributed by atoms with Gasteiger partial charge in [0.25, 0.3) is 0 Å². The van der Waals surface area contributed by atoms with E-state index in [1.165, 1.54) is 83.5 Å². The molecule has 7 nitrogen and oxygen atoms in total. The number of hydrogen-bond acceptors (Lipinski definition) is 4. The van der Waals surface area contributed by atoms with Gasteiger partial charge in [-0.25, -0.2) is 9.59 Å². The van der Waals surface area contributed by atoms with E-state index in [0.717, 1.165) is 25.7 Å². The summed E-state index contributed by atoms with van der Waals surface area (Å²) < 4.78 is -0.467. The average Bonchev–Trinajstić information content (AvgIpc) is 2.92. The van der Waals surface area contributed by atoms with Gasteiger partial charge in [-0.05, 0) is 38.5 Å². The van der Waals surface area contributed by atoms with E-state index >= 15 is 0 Å². The number of rotatable bonds is 29. The third-order valence-corrected chi connectivity index (χ3v) is 8.80. The van der Waals surface area contributed by atoms with E-state index in [1.54, 1.807) is 20.8 Å². The summed E-state index contributed by atoms with van der Waals surface area (Å²) in [4.78, 5) is 36.7. The quantitative estimate of drug-likeness (QED) is 0.0532. The minimum atomic E-state index is -1.36. The first-order valence-electron chi connectivity index (χ1n) is 16.9. The smallest absolute Gasteiger partial charge is 0.362 e. The van der Waals surface area contributed by atoms with Crippen molar-refractivity contribution in [3.05, 3.63) is 12.2 Å². The molecule has 0 aliphatic carbocycles. The zero-order chi connectivity index (χ0) is 30.9. The fraction of sp³-hybridized carbons (Fsp3) is 0.853. The Bertz CT molecular complexity index is 667. The Labute approximate surface area is 251 Å². The summed E-state index contributed by atoms with van der Waals surface area (Å²) in [6, 6.07) is -3.38. The highest BCUT2D eigenvalue weighted by molar-refractivity contribution is 5.77.